The van der Waals surface area contributed by atoms with Crippen LogP contribution >= 0.6 is 0 Å². The Morgan fingerprint density at radius 1 is 1.60 bits per heavy atom. The van der Waals surface area contributed by atoms with Gasteiger partial charge in [0.05, 0.1) is 18.4 Å². The van der Waals surface area contributed by atoms with Crippen LogP contribution in [0.15, 0.2) is 11.8 Å². The number of carbonyl (C=O) groups is 1. The Bertz CT molecular complexity index is 153. The molecule has 1 saturated heterocycles. The predicted octanol–water partition coefficient (Wildman–Crippen LogP) is 0.117. The quantitative estimate of drug-likeness (QED) is 0.232. The van der Waals surface area contributed by atoms with Gasteiger partial charge in [-0.25, -0.2) is 4.79 Å². The van der Waals surface area contributed by atoms with Crippen LogP contribution in [0.25, 0.3) is 0 Å². The zero-order valence-electron chi connectivity index (χ0n) is 4.96. The van der Waals surface area contributed by atoms with E-state index in [9.17, 15) is 4.79 Å². The minimum absolute atomic E-state index is 0. The van der Waals surface area contributed by atoms with Gasteiger partial charge in [-0.1, -0.05) is 0 Å². The van der Waals surface area contributed by atoms with Crippen molar-refractivity contribution >= 4 is 35.5 Å². The molecule has 1 aliphatic rings. The normalized spacial score (nSPS) is 21.6. The van der Waals surface area contributed by atoms with E-state index in [1.807, 2.05) is 0 Å². The second-order valence-electron chi connectivity index (χ2n) is 1.89. The molecular formula is C6H9NaO3. The molecule has 4 heteroatoms. The molecule has 1 fully saturated rings. The maximum absolute atomic E-state index is 10.6. The SMILES string of the molecule is O=C1OCCCC1=CO.[NaH]. The Labute approximate surface area is 81.4 Å². The first kappa shape index (κ1) is 10.0. The number of hydrogen-bond donors (Lipinski definition) is 1. The third kappa shape index (κ3) is 2.33. The molecule has 0 spiro atoms. The molecule has 0 amide bonds. The van der Waals surface area contributed by atoms with E-state index in [1.165, 1.54) is 0 Å². The van der Waals surface area contributed by atoms with Crippen LogP contribution < -0.4 is 0 Å². The minimum atomic E-state index is -0.385. The van der Waals surface area contributed by atoms with E-state index in [1.54, 1.807) is 0 Å². The first-order valence-corrected chi connectivity index (χ1v) is 2.85. The fraction of sp³-hybridized carbons (Fsp3) is 0.500. The van der Waals surface area contributed by atoms with Gasteiger partial charge in [0.15, 0.2) is 0 Å². The van der Waals surface area contributed by atoms with Crippen LogP contribution in [0, 0.1) is 0 Å². The number of ether oxygens (including phenoxy) is 1. The molecule has 1 aliphatic heterocycles. The molecule has 0 aromatic rings. The summed E-state index contributed by atoms with van der Waals surface area (Å²) in [5.41, 5.74) is 0.376. The molecule has 0 saturated carbocycles. The Morgan fingerprint density at radius 3 is 2.70 bits per heavy atom. The zero-order chi connectivity index (χ0) is 6.69. The molecule has 0 bridgehead atoms. The number of rotatable bonds is 0. The molecule has 0 aromatic heterocycles. The van der Waals surface area contributed by atoms with Crippen LogP contribution in [-0.4, -0.2) is 47.2 Å². The fourth-order valence-corrected chi connectivity index (χ4v) is 0.739. The third-order valence-corrected chi connectivity index (χ3v) is 1.24. The molecular weight excluding hydrogens is 143 g/mol. The molecule has 3 nitrogen and oxygen atoms in total. The average Bonchev–Trinajstić information content (AvgIpc) is 1.89. The third-order valence-electron chi connectivity index (χ3n) is 1.24. The molecule has 0 unspecified atom stereocenters. The van der Waals surface area contributed by atoms with Crippen molar-refractivity contribution in [1.82, 2.24) is 0 Å². The number of aliphatic hydroxyl groups is 1. The van der Waals surface area contributed by atoms with Gasteiger partial charge in [-0.2, -0.15) is 0 Å². The van der Waals surface area contributed by atoms with E-state index in [-0.39, 0.29) is 35.5 Å². The molecule has 1 N–H and O–H groups in total. The zero-order valence-corrected chi connectivity index (χ0v) is 4.96. The summed E-state index contributed by atoms with van der Waals surface area (Å²) in [6.45, 7) is 0.482. The van der Waals surface area contributed by atoms with Gasteiger partial charge in [-0.05, 0) is 12.8 Å². The van der Waals surface area contributed by atoms with Gasteiger partial charge in [0, 0.05) is 0 Å². The maximum atomic E-state index is 10.6. The van der Waals surface area contributed by atoms with Crippen molar-refractivity contribution < 1.29 is 14.6 Å². The van der Waals surface area contributed by atoms with E-state index >= 15 is 0 Å². The summed E-state index contributed by atoms with van der Waals surface area (Å²) in [6, 6.07) is 0. The van der Waals surface area contributed by atoms with Gasteiger partial charge in [0.25, 0.3) is 0 Å². The summed E-state index contributed by atoms with van der Waals surface area (Å²) >= 11 is 0. The van der Waals surface area contributed by atoms with Crippen LogP contribution in [0.2, 0.25) is 0 Å². The van der Waals surface area contributed by atoms with E-state index in [0.717, 1.165) is 12.7 Å². The fourth-order valence-electron chi connectivity index (χ4n) is 0.739. The Morgan fingerprint density at radius 2 is 2.30 bits per heavy atom. The molecule has 52 valence electrons. The molecule has 10 heavy (non-hydrogen) atoms. The number of esters is 1. The predicted molar refractivity (Wildman–Crippen MR) is 38.1 cm³/mol. The van der Waals surface area contributed by atoms with Crippen LogP contribution in [0.1, 0.15) is 12.8 Å². The summed E-state index contributed by atoms with van der Waals surface area (Å²) in [4.78, 5) is 10.6. The number of hydrogen-bond acceptors (Lipinski definition) is 3. The van der Waals surface area contributed by atoms with Crippen molar-refractivity contribution in [2.75, 3.05) is 6.61 Å². The average molecular weight is 152 g/mol. The van der Waals surface area contributed by atoms with E-state index in [4.69, 9.17) is 5.11 Å². The Kier molecular flexibility index (Phi) is 4.77. The summed E-state index contributed by atoms with van der Waals surface area (Å²) in [5.74, 6) is -0.385. The van der Waals surface area contributed by atoms with Crippen LogP contribution in [-0.2, 0) is 9.53 Å². The molecule has 0 atom stereocenters. The summed E-state index contributed by atoms with van der Waals surface area (Å²) in [6.07, 6.45) is 2.27. The van der Waals surface area contributed by atoms with E-state index < -0.39 is 0 Å². The van der Waals surface area contributed by atoms with Gasteiger partial charge >= 0.3 is 35.5 Å². The van der Waals surface area contributed by atoms with Crippen LogP contribution in [0.4, 0.5) is 0 Å². The summed E-state index contributed by atoms with van der Waals surface area (Å²) in [7, 11) is 0. The Hall–Kier alpha value is 0.0100. The molecule has 0 aromatic carbocycles. The summed E-state index contributed by atoms with van der Waals surface area (Å²) < 4.78 is 4.61. The molecule has 1 rings (SSSR count). The van der Waals surface area contributed by atoms with Gasteiger partial charge in [-0.15, -0.1) is 0 Å². The standard InChI is InChI=1S/C6H8O3.Na.H/c7-4-5-2-1-3-9-6(5)8;;/h4,7H,1-3H2;;. The molecule has 0 aliphatic carbocycles. The van der Waals surface area contributed by atoms with Crippen molar-refractivity contribution in [2.24, 2.45) is 0 Å². The van der Waals surface area contributed by atoms with Gasteiger partial charge in [0.1, 0.15) is 0 Å². The molecule has 1 heterocycles. The number of carbonyl (C=O) groups excluding carboxylic acids is 1. The second-order valence-corrected chi connectivity index (χ2v) is 1.89. The number of cyclic esters (lactones) is 1. The van der Waals surface area contributed by atoms with Crippen molar-refractivity contribution in [3.8, 4) is 0 Å². The monoisotopic (exact) mass is 152 g/mol. The van der Waals surface area contributed by atoms with Gasteiger partial charge in [0.2, 0.25) is 0 Å². The second kappa shape index (κ2) is 4.77. The van der Waals surface area contributed by atoms with Crippen LogP contribution in [0.5, 0.6) is 0 Å². The topological polar surface area (TPSA) is 46.5 Å². The van der Waals surface area contributed by atoms with Crippen molar-refractivity contribution in [3.63, 3.8) is 0 Å². The number of aliphatic hydroxyl groups excluding tert-OH is 1. The summed E-state index contributed by atoms with van der Waals surface area (Å²) in [5, 5.41) is 8.40. The van der Waals surface area contributed by atoms with Crippen molar-refractivity contribution in [1.29, 1.82) is 0 Å². The van der Waals surface area contributed by atoms with Crippen molar-refractivity contribution in [2.45, 2.75) is 12.8 Å². The van der Waals surface area contributed by atoms with Gasteiger partial charge < -0.3 is 9.84 Å². The van der Waals surface area contributed by atoms with E-state index in [2.05, 4.69) is 4.74 Å². The van der Waals surface area contributed by atoms with Crippen LogP contribution in [0.3, 0.4) is 0 Å². The first-order chi connectivity index (χ1) is 4.34. The van der Waals surface area contributed by atoms with E-state index in [0.29, 0.717) is 18.6 Å². The van der Waals surface area contributed by atoms with Gasteiger partial charge in [-0.3, -0.25) is 0 Å². The first-order valence-electron chi connectivity index (χ1n) is 2.85. The van der Waals surface area contributed by atoms with Crippen molar-refractivity contribution in [3.05, 3.63) is 11.8 Å². The Balaban J connectivity index is 0.000000810. The molecule has 0 radical (unpaired) electrons.